The fourth-order valence-corrected chi connectivity index (χ4v) is 1.78. The third-order valence-electron chi connectivity index (χ3n) is 1.28. The van der Waals surface area contributed by atoms with Gasteiger partial charge in [0.25, 0.3) is 0 Å². The van der Waals surface area contributed by atoms with Gasteiger partial charge in [-0.1, -0.05) is 18.5 Å². The predicted molar refractivity (Wildman–Crippen MR) is 52.3 cm³/mol. The summed E-state index contributed by atoms with van der Waals surface area (Å²) >= 11 is 7.49. The molecule has 1 aromatic carbocycles. The van der Waals surface area contributed by atoms with E-state index in [1.54, 1.807) is 17.8 Å². The van der Waals surface area contributed by atoms with Crippen molar-refractivity contribution in [2.45, 2.75) is 11.8 Å². The molecule has 0 spiro atoms. The van der Waals surface area contributed by atoms with E-state index in [4.69, 9.17) is 17.3 Å². The highest BCUT2D eigenvalue weighted by atomic mass is 35.5. The molecule has 1 nitrogen and oxygen atoms in total. The summed E-state index contributed by atoms with van der Waals surface area (Å²) in [4.78, 5) is 1.07. The average molecular weight is 188 g/mol. The van der Waals surface area contributed by atoms with Crippen LogP contribution in [0.4, 0.5) is 5.69 Å². The Bertz CT molecular complexity index is 250. The first kappa shape index (κ1) is 8.75. The molecule has 0 bridgehead atoms. The maximum absolute atomic E-state index is 5.78. The first-order chi connectivity index (χ1) is 5.24. The van der Waals surface area contributed by atoms with Gasteiger partial charge < -0.3 is 5.73 Å². The Labute approximate surface area is 75.9 Å². The molecule has 0 aliphatic heterocycles. The molecule has 0 heterocycles. The highest BCUT2D eigenvalue weighted by Crippen LogP contribution is 2.27. The summed E-state index contributed by atoms with van der Waals surface area (Å²) in [6.45, 7) is 2.09. The van der Waals surface area contributed by atoms with Crippen LogP contribution in [0.2, 0.25) is 5.02 Å². The molecule has 0 aliphatic rings. The van der Waals surface area contributed by atoms with Gasteiger partial charge >= 0.3 is 0 Å². The molecular formula is C8H10ClNS. The Morgan fingerprint density at radius 3 is 2.91 bits per heavy atom. The van der Waals surface area contributed by atoms with Crippen molar-refractivity contribution < 1.29 is 0 Å². The molecule has 0 saturated heterocycles. The van der Waals surface area contributed by atoms with E-state index in [2.05, 4.69) is 6.92 Å². The normalized spacial score (nSPS) is 10.0. The lowest BCUT2D eigenvalue weighted by Gasteiger charge is -2.02. The predicted octanol–water partition coefficient (Wildman–Crippen LogP) is 3.03. The Morgan fingerprint density at radius 1 is 1.55 bits per heavy atom. The van der Waals surface area contributed by atoms with Crippen LogP contribution in [-0.2, 0) is 0 Å². The minimum Gasteiger partial charge on any atom is -0.398 e. The van der Waals surface area contributed by atoms with Gasteiger partial charge in [0.05, 0.1) is 0 Å². The zero-order chi connectivity index (χ0) is 8.27. The molecule has 1 rings (SSSR count). The number of nitrogen functional groups attached to an aromatic ring is 1. The van der Waals surface area contributed by atoms with Crippen LogP contribution in [0.3, 0.4) is 0 Å². The van der Waals surface area contributed by atoms with Crippen LogP contribution in [0.25, 0.3) is 0 Å². The van der Waals surface area contributed by atoms with E-state index in [-0.39, 0.29) is 0 Å². The van der Waals surface area contributed by atoms with Crippen LogP contribution >= 0.6 is 23.4 Å². The van der Waals surface area contributed by atoms with E-state index >= 15 is 0 Å². The van der Waals surface area contributed by atoms with Crippen LogP contribution in [-0.4, -0.2) is 5.75 Å². The van der Waals surface area contributed by atoms with Gasteiger partial charge in [-0.25, -0.2) is 0 Å². The van der Waals surface area contributed by atoms with E-state index in [0.717, 1.165) is 21.4 Å². The van der Waals surface area contributed by atoms with Gasteiger partial charge in [0, 0.05) is 15.6 Å². The van der Waals surface area contributed by atoms with Gasteiger partial charge in [-0.3, -0.25) is 0 Å². The lowest BCUT2D eigenvalue weighted by Crippen LogP contribution is -1.87. The highest BCUT2D eigenvalue weighted by molar-refractivity contribution is 7.99. The van der Waals surface area contributed by atoms with Gasteiger partial charge in [0.1, 0.15) is 0 Å². The second kappa shape index (κ2) is 3.88. The molecule has 0 saturated carbocycles. The molecule has 11 heavy (non-hydrogen) atoms. The second-order valence-electron chi connectivity index (χ2n) is 2.12. The third-order valence-corrected chi connectivity index (χ3v) is 2.46. The topological polar surface area (TPSA) is 26.0 Å². The van der Waals surface area contributed by atoms with Gasteiger partial charge in [-0.05, 0) is 24.0 Å². The van der Waals surface area contributed by atoms with E-state index in [1.165, 1.54) is 0 Å². The first-order valence-corrected chi connectivity index (χ1v) is 4.78. The van der Waals surface area contributed by atoms with E-state index in [1.807, 2.05) is 12.1 Å². The van der Waals surface area contributed by atoms with Crippen molar-refractivity contribution >= 4 is 29.1 Å². The highest BCUT2D eigenvalue weighted by Gasteiger charge is 1.98. The number of thioether (sulfide) groups is 1. The fraction of sp³-hybridized carbons (Fsp3) is 0.250. The van der Waals surface area contributed by atoms with Crippen LogP contribution in [0, 0.1) is 0 Å². The fourth-order valence-electron chi connectivity index (χ4n) is 0.789. The number of nitrogens with two attached hydrogens (primary N) is 1. The minimum absolute atomic E-state index is 0.746. The van der Waals surface area contributed by atoms with Gasteiger partial charge in [0.2, 0.25) is 0 Å². The Balaban J connectivity index is 2.93. The van der Waals surface area contributed by atoms with E-state index in [9.17, 15) is 0 Å². The third kappa shape index (κ3) is 2.31. The molecule has 0 aliphatic carbocycles. The first-order valence-electron chi connectivity index (χ1n) is 3.42. The summed E-state index contributed by atoms with van der Waals surface area (Å²) in [7, 11) is 0. The maximum atomic E-state index is 5.78. The molecule has 0 fully saturated rings. The molecule has 1 aromatic rings. The lowest BCUT2D eigenvalue weighted by molar-refractivity contribution is 1.43. The van der Waals surface area contributed by atoms with Crippen LogP contribution in [0.5, 0.6) is 0 Å². The van der Waals surface area contributed by atoms with Crippen molar-refractivity contribution in [3.05, 3.63) is 23.2 Å². The standard InChI is InChI=1S/C8H10ClNS/c1-2-11-8-5-6(9)3-4-7(8)10/h3-5H,2,10H2,1H3. The van der Waals surface area contributed by atoms with Crippen LogP contribution in [0.1, 0.15) is 6.92 Å². The van der Waals surface area contributed by atoms with Crippen molar-refractivity contribution in [1.82, 2.24) is 0 Å². The summed E-state index contributed by atoms with van der Waals surface area (Å²) in [5, 5.41) is 0.746. The number of rotatable bonds is 2. The molecule has 60 valence electrons. The van der Waals surface area contributed by atoms with Gasteiger partial charge in [0.15, 0.2) is 0 Å². The summed E-state index contributed by atoms with van der Waals surface area (Å²) in [6.07, 6.45) is 0. The van der Waals surface area contributed by atoms with E-state index < -0.39 is 0 Å². The molecule has 2 N–H and O–H groups in total. The van der Waals surface area contributed by atoms with Crippen molar-refractivity contribution in [1.29, 1.82) is 0 Å². The Hall–Kier alpha value is -0.340. The summed E-state index contributed by atoms with van der Waals surface area (Å²) < 4.78 is 0. The van der Waals surface area contributed by atoms with Crippen LogP contribution in [0.15, 0.2) is 23.1 Å². The minimum atomic E-state index is 0.746. The maximum Gasteiger partial charge on any atom is 0.0453 e. The summed E-state index contributed by atoms with van der Waals surface area (Å²) in [5.74, 6) is 1.02. The summed E-state index contributed by atoms with van der Waals surface area (Å²) in [5.41, 5.74) is 6.50. The van der Waals surface area contributed by atoms with Crippen LogP contribution < -0.4 is 5.73 Å². The zero-order valence-electron chi connectivity index (χ0n) is 6.30. The number of anilines is 1. The molecule has 3 heteroatoms. The SMILES string of the molecule is CCSc1cc(Cl)ccc1N. The van der Waals surface area contributed by atoms with Gasteiger partial charge in [-0.2, -0.15) is 0 Å². The molecule has 0 radical (unpaired) electrons. The molecule has 0 unspecified atom stereocenters. The van der Waals surface area contributed by atoms with E-state index in [0.29, 0.717) is 0 Å². The smallest absolute Gasteiger partial charge is 0.0453 e. The number of benzene rings is 1. The second-order valence-corrected chi connectivity index (χ2v) is 3.86. The molecule has 0 atom stereocenters. The largest absolute Gasteiger partial charge is 0.398 e. The molecular weight excluding hydrogens is 178 g/mol. The lowest BCUT2D eigenvalue weighted by atomic mass is 10.3. The number of hydrogen-bond donors (Lipinski definition) is 1. The van der Waals surface area contributed by atoms with Gasteiger partial charge in [-0.15, -0.1) is 11.8 Å². The quantitative estimate of drug-likeness (QED) is 0.569. The molecule has 0 amide bonds. The average Bonchev–Trinajstić information content (AvgIpc) is 1.98. The monoisotopic (exact) mass is 187 g/mol. The molecule has 0 aromatic heterocycles. The number of halogens is 1. The summed E-state index contributed by atoms with van der Waals surface area (Å²) in [6, 6.07) is 5.53. The van der Waals surface area contributed by atoms with Crippen molar-refractivity contribution in [3.8, 4) is 0 Å². The van der Waals surface area contributed by atoms with Crippen molar-refractivity contribution in [2.24, 2.45) is 0 Å². The van der Waals surface area contributed by atoms with Crippen molar-refractivity contribution in [2.75, 3.05) is 11.5 Å². The van der Waals surface area contributed by atoms with Crippen molar-refractivity contribution in [3.63, 3.8) is 0 Å². The number of hydrogen-bond acceptors (Lipinski definition) is 2. The Kier molecular flexibility index (Phi) is 3.09. The Morgan fingerprint density at radius 2 is 2.27 bits per heavy atom. The zero-order valence-corrected chi connectivity index (χ0v) is 7.88.